The van der Waals surface area contributed by atoms with E-state index in [1.54, 1.807) is 18.3 Å². The molecule has 0 aliphatic heterocycles. The minimum Gasteiger partial charge on any atom is -0.504 e. The quantitative estimate of drug-likeness (QED) is 0.510. The molecule has 0 fully saturated rings. The summed E-state index contributed by atoms with van der Waals surface area (Å²) in [6.45, 7) is 0. The third kappa shape index (κ3) is 2.74. The van der Waals surface area contributed by atoms with Gasteiger partial charge in [0.15, 0.2) is 17.2 Å². The van der Waals surface area contributed by atoms with E-state index in [0.717, 1.165) is 10.9 Å². The number of hydrogen-bond acceptors (Lipinski definition) is 4. The number of nitrogens with one attached hydrogen (secondary N) is 1. The van der Waals surface area contributed by atoms with E-state index >= 15 is 0 Å². The van der Waals surface area contributed by atoms with Gasteiger partial charge in [0, 0.05) is 17.1 Å². The molecule has 0 bridgehead atoms. The van der Waals surface area contributed by atoms with E-state index in [2.05, 4.69) is 4.98 Å². The van der Waals surface area contributed by atoms with Crippen molar-refractivity contribution < 1.29 is 19.7 Å². The van der Waals surface area contributed by atoms with Gasteiger partial charge in [-0.3, -0.25) is 4.79 Å². The fourth-order valence-electron chi connectivity index (χ4n) is 2.32. The first-order valence-electron chi connectivity index (χ1n) is 6.92. The molecule has 1 heterocycles. The molecule has 0 amide bonds. The molecule has 5 nitrogen and oxygen atoms in total. The van der Waals surface area contributed by atoms with Crippen LogP contribution in [0.2, 0.25) is 0 Å². The van der Waals surface area contributed by atoms with E-state index in [1.807, 2.05) is 24.3 Å². The first-order valence-corrected chi connectivity index (χ1v) is 6.92. The molecule has 3 aromatic rings. The number of phenols is 2. The van der Waals surface area contributed by atoms with Crippen molar-refractivity contribution in [2.75, 3.05) is 0 Å². The highest BCUT2D eigenvalue weighted by Crippen LogP contribution is 2.29. The van der Waals surface area contributed by atoms with Gasteiger partial charge < -0.3 is 19.9 Å². The molecule has 1 aromatic heterocycles. The smallest absolute Gasteiger partial charge is 0.311 e. The van der Waals surface area contributed by atoms with E-state index in [1.165, 1.54) is 6.07 Å². The van der Waals surface area contributed by atoms with Crippen molar-refractivity contribution in [1.29, 1.82) is 0 Å². The number of phenolic OH excluding ortho intramolecular Hbond substituents is 2. The van der Waals surface area contributed by atoms with Crippen LogP contribution < -0.4 is 4.74 Å². The minimum atomic E-state index is -0.396. The second-order valence-corrected chi connectivity index (χ2v) is 4.96. The molecule has 0 saturated heterocycles. The number of H-pyrrole nitrogens is 1. The summed E-state index contributed by atoms with van der Waals surface area (Å²) in [5, 5.41) is 20.0. The summed E-state index contributed by atoms with van der Waals surface area (Å²) in [5.74, 6) is -0.293. The number of para-hydroxylation sites is 2. The Morgan fingerprint density at radius 1 is 1.09 bits per heavy atom. The van der Waals surface area contributed by atoms with Gasteiger partial charge in [0.1, 0.15) is 0 Å². The first-order chi connectivity index (χ1) is 10.6. The van der Waals surface area contributed by atoms with Crippen molar-refractivity contribution in [2.24, 2.45) is 0 Å². The molecule has 0 aliphatic carbocycles. The third-order valence-corrected chi connectivity index (χ3v) is 3.47. The maximum absolute atomic E-state index is 11.9. The molecule has 3 N–H and O–H groups in total. The van der Waals surface area contributed by atoms with Crippen LogP contribution >= 0.6 is 0 Å². The molecular weight excluding hydrogens is 282 g/mol. The van der Waals surface area contributed by atoms with Crippen LogP contribution in [0.5, 0.6) is 17.2 Å². The summed E-state index contributed by atoms with van der Waals surface area (Å²) in [4.78, 5) is 15.0. The lowest BCUT2D eigenvalue weighted by Gasteiger charge is -2.06. The number of aromatic amines is 1. The number of aromatic nitrogens is 1. The predicted molar refractivity (Wildman–Crippen MR) is 82.0 cm³/mol. The number of hydrogen-bond donors (Lipinski definition) is 3. The van der Waals surface area contributed by atoms with Crippen LogP contribution in [0.3, 0.4) is 0 Å². The molecule has 0 radical (unpaired) electrons. The van der Waals surface area contributed by atoms with E-state index in [4.69, 9.17) is 4.74 Å². The van der Waals surface area contributed by atoms with Crippen LogP contribution in [-0.4, -0.2) is 21.2 Å². The number of benzene rings is 2. The van der Waals surface area contributed by atoms with Gasteiger partial charge in [-0.1, -0.05) is 24.3 Å². The van der Waals surface area contributed by atoms with Crippen molar-refractivity contribution in [3.05, 3.63) is 54.2 Å². The molecule has 0 saturated carbocycles. The Kier molecular flexibility index (Phi) is 3.70. The Bertz CT molecular complexity index is 822. The van der Waals surface area contributed by atoms with Crippen LogP contribution in [0.4, 0.5) is 0 Å². The number of rotatable bonds is 4. The van der Waals surface area contributed by atoms with Gasteiger partial charge in [0.25, 0.3) is 0 Å². The van der Waals surface area contributed by atoms with Gasteiger partial charge in [0.05, 0.1) is 6.42 Å². The summed E-state index contributed by atoms with van der Waals surface area (Å²) in [7, 11) is 0. The van der Waals surface area contributed by atoms with Crippen molar-refractivity contribution in [3.63, 3.8) is 0 Å². The highest BCUT2D eigenvalue weighted by Gasteiger charge is 2.12. The minimum absolute atomic E-state index is 0.108. The maximum atomic E-state index is 11.9. The van der Waals surface area contributed by atoms with E-state index in [9.17, 15) is 15.0 Å². The average Bonchev–Trinajstić information content (AvgIpc) is 2.92. The number of esters is 1. The fourth-order valence-corrected chi connectivity index (χ4v) is 2.32. The molecule has 112 valence electrons. The van der Waals surface area contributed by atoms with Crippen LogP contribution in [0.25, 0.3) is 10.9 Å². The Hall–Kier alpha value is -2.95. The van der Waals surface area contributed by atoms with Gasteiger partial charge in [-0.25, -0.2) is 0 Å². The van der Waals surface area contributed by atoms with Crippen molar-refractivity contribution in [1.82, 2.24) is 4.98 Å². The average molecular weight is 297 g/mol. The number of aryl methyl sites for hydroxylation is 1. The predicted octanol–water partition coefficient (Wildman–Crippen LogP) is 3.12. The Labute approximate surface area is 126 Å². The van der Waals surface area contributed by atoms with Crippen molar-refractivity contribution in [2.45, 2.75) is 12.8 Å². The van der Waals surface area contributed by atoms with E-state index in [0.29, 0.717) is 17.7 Å². The lowest BCUT2D eigenvalue weighted by atomic mass is 10.1. The Morgan fingerprint density at radius 3 is 2.77 bits per heavy atom. The maximum Gasteiger partial charge on any atom is 0.311 e. The van der Waals surface area contributed by atoms with Gasteiger partial charge in [-0.05, 0) is 30.2 Å². The van der Waals surface area contributed by atoms with Gasteiger partial charge in [-0.15, -0.1) is 0 Å². The van der Waals surface area contributed by atoms with Crippen LogP contribution in [0.15, 0.2) is 48.7 Å². The second kappa shape index (κ2) is 5.81. The topological polar surface area (TPSA) is 82.6 Å². The monoisotopic (exact) mass is 297 g/mol. The number of fused-ring (bicyclic) bond motifs is 1. The first kappa shape index (κ1) is 14.0. The summed E-state index contributed by atoms with van der Waals surface area (Å²) < 4.78 is 5.35. The molecule has 5 heteroatoms. The van der Waals surface area contributed by atoms with Gasteiger partial charge in [-0.2, -0.15) is 0 Å². The normalized spacial score (nSPS) is 10.7. The molecule has 0 unspecified atom stereocenters. The fraction of sp³-hybridized carbons (Fsp3) is 0.118. The summed E-state index contributed by atoms with van der Waals surface area (Å²) in [6.07, 6.45) is 2.05. The summed E-state index contributed by atoms with van der Waals surface area (Å²) in [6, 6.07) is 12.2. The van der Waals surface area contributed by atoms with Crippen LogP contribution in [0.1, 0.15) is 12.0 Å². The zero-order valence-corrected chi connectivity index (χ0v) is 11.7. The van der Waals surface area contributed by atoms with Crippen LogP contribution in [0, 0.1) is 0 Å². The van der Waals surface area contributed by atoms with Crippen molar-refractivity contribution in [3.8, 4) is 17.2 Å². The highest BCUT2D eigenvalue weighted by molar-refractivity contribution is 5.88. The zero-order chi connectivity index (χ0) is 15.5. The molecule has 0 aliphatic rings. The molecule has 22 heavy (non-hydrogen) atoms. The molecule has 2 aromatic carbocycles. The third-order valence-electron chi connectivity index (χ3n) is 3.47. The van der Waals surface area contributed by atoms with E-state index in [-0.39, 0.29) is 17.9 Å². The molecule has 0 spiro atoms. The largest absolute Gasteiger partial charge is 0.504 e. The number of ether oxygens (including phenoxy) is 1. The van der Waals surface area contributed by atoms with Crippen molar-refractivity contribution >= 4 is 16.9 Å². The zero-order valence-electron chi connectivity index (χ0n) is 11.7. The second-order valence-electron chi connectivity index (χ2n) is 4.96. The summed E-state index contributed by atoms with van der Waals surface area (Å²) >= 11 is 0. The number of aromatic hydroxyl groups is 2. The SMILES string of the molecule is O=C(CCc1cccc(O)c1O)Oc1c[nH]c2ccccc12. The van der Waals surface area contributed by atoms with Gasteiger partial charge >= 0.3 is 5.97 Å². The van der Waals surface area contributed by atoms with Crippen LogP contribution in [-0.2, 0) is 11.2 Å². The standard InChI is InChI=1S/C17H15NO4/c19-14-7-3-4-11(17(14)21)8-9-16(20)22-15-10-18-13-6-2-1-5-12(13)15/h1-7,10,18-19,21H,8-9H2. The molecule has 0 atom stereocenters. The Balaban J connectivity index is 1.67. The molecule has 3 rings (SSSR count). The summed E-state index contributed by atoms with van der Waals surface area (Å²) in [5.41, 5.74) is 1.41. The lowest BCUT2D eigenvalue weighted by molar-refractivity contribution is -0.134. The molecular formula is C17H15NO4. The Morgan fingerprint density at radius 2 is 1.91 bits per heavy atom. The highest BCUT2D eigenvalue weighted by atomic mass is 16.5. The number of carbonyl (C=O) groups is 1. The lowest BCUT2D eigenvalue weighted by Crippen LogP contribution is -2.08. The van der Waals surface area contributed by atoms with E-state index < -0.39 is 5.97 Å². The van der Waals surface area contributed by atoms with Gasteiger partial charge in [0.2, 0.25) is 0 Å². The number of carbonyl (C=O) groups excluding carboxylic acids is 1.